The molecule has 26 heavy (non-hydrogen) atoms. The van der Waals surface area contributed by atoms with E-state index in [-0.39, 0.29) is 18.2 Å². The number of ether oxygens (including phenoxy) is 1. The van der Waals surface area contributed by atoms with Gasteiger partial charge in [-0.1, -0.05) is 52.3 Å². The number of rotatable bonds is 5. The Labute approximate surface area is 159 Å². The van der Waals surface area contributed by atoms with Crippen molar-refractivity contribution in [3.05, 3.63) is 101 Å². The number of benzene rings is 3. The van der Waals surface area contributed by atoms with E-state index >= 15 is 0 Å². The fraction of sp³-hybridized carbons (Fsp3) is 0.0952. The molecule has 3 aromatic rings. The highest BCUT2D eigenvalue weighted by Gasteiger charge is 2.01. The molecule has 0 heterocycles. The van der Waals surface area contributed by atoms with Crippen molar-refractivity contribution in [2.24, 2.45) is 0 Å². The van der Waals surface area contributed by atoms with Crippen molar-refractivity contribution in [3.63, 3.8) is 0 Å². The quantitative estimate of drug-likeness (QED) is 0.378. The normalized spacial score (nSPS) is 9.81. The van der Waals surface area contributed by atoms with Gasteiger partial charge < -0.3 is 4.74 Å². The molecule has 0 amide bonds. The van der Waals surface area contributed by atoms with Crippen LogP contribution < -0.4 is 4.74 Å². The third-order valence-corrected chi connectivity index (χ3v) is 4.07. The molecule has 0 aromatic heterocycles. The predicted molar refractivity (Wildman–Crippen MR) is 102 cm³/mol. The van der Waals surface area contributed by atoms with Crippen LogP contribution >= 0.6 is 15.9 Å². The topological polar surface area (TPSA) is 26.3 Å². The molecule has 134 valence electrons. The monoisotopic (exact) mass is 418 g/mol. The second-order valence-corrected chi connectivity index (χ2v) is 5.85. The summed E-state index contributed by atoms with van der Waals surface area (Å²) in [4.78, 5) is 10.5. The summed E-state index contributed by atoms with van der Waals surface area (Å²) in [6, 6.07) is 19.9. The molecule has 0 aliphatic heterocycles. The number of hydrogen-bond donors (Lipinski definition) is 0. The van der Waals surface area contributed by atoms with Crippen LogP contribution in [0.25, 0.3) is 0 Å². The van der Waals surface area contributed by atoms with Gasteiger partial charge in [0.25, 0.3) is 0 Å². The fourth-order valence-electron chi connectivity index (χ4n) is 2.03. The van der Waals surface area contributed by atoms with E-state index in [1.807, 2.05) is 6.07 Å². The molecule has 3 rings (SSSR count). The van der Waals surface area contributed by atoms with Crippen molar-refractivity contribution < 1.29 is 18.3 Å². The van der Waals surface area contributed by atoms with Gasteiger partial charge in [0.1, 0.15) is 30.3 Å². The zero-order valence-corrected chi connectivity index (χ0v) is 15.5. The van der Waals surface area contributed by atoms with Gasteiger partial charge in [0, 0.05) is 16.5 Å². The van der Waals surface area contributed by atoms with Crippen LogP contribution in [0.5, 0.6) is 5.75 Å². The molecule has 0 atom stereocenters. The Hall–Kier alpha value is -2.53. The minimum absolute atomic E-state index is 0.144. The average molecular weight is 419 g/mol. The summed E-state index contributed by atoms with van der Waals surface area (Å²) in [5, 5.41) is 0.583. The van der Waals surface area contributed by atoms with Gasteiger partial charge in [-0.2, -0.15) is 0 Å². The number of halogens is 3. The van der Waals surface area contributed by atoms with Crippen molar-refractivity contribution in [1.29, 1.82) is 0 Å². The zero-order chi connectivity index (χ0) is 18.8. The van der Waals surface area contributed by atoms with E-state index in [4.69, 9.17) is 4.74 Å². The lowest BCUT2D eigenvalue weighted by Gasteiger charge is -2.06. The van der Waals surface area contributed by atoms with Crippen LogP contribution in [0.4, 0.5) is 8.78 Å². The third kappa shape index (κ3) is 6.08. The summed E-state index contributed by atoms with van der Waals surface area (Å²) in [6.07, 6.45) is 0.765. The number of aldehydes is 1. The summed E-state index contributed by atoms with van der Waals surface area (Å²) in [5.41, 5.74) is 1.80. The van der Waals surface area contributed by atoms with E-state index in [0.29, 0.717) is 27.8 Å². The summed E-state index contributed by atoms with van der Waals surface area (Å²) in [6.45, 7) is 0.174. The average Bonchev–Trinajstić information content (AvgIpc) is 2.69. The Morgan fingerprint density at radius 3 is 1.81 bits per heavy atom. The highest BCUT2D eigenvalue weighted by atomic mass is 79.9. The molecule has 0 aliphatic rings. The summed E-state index contributed by atoms with van der Waals surface area (Å²) in [5.74, 6) is 0.185. The summed E-state index contributed by atoms with van der Waals surface area (Å²) >= 11 is 3.17. The highest BCUT2D eigenvalue weighted by molar-refractivity contribution is 9.08. The molecule has 2 nitrogen and oxygen atoms in total. The van der Waals surface area contributed by atoms with Gasteiger partial charge in [-0.15, -0.1) is 0 Å². The molecule has 0 aliphatic carbocycles. The Morgan fingerprint density at radius 1 is 0.808 bits per heavy atom. The number of alkyl halides is 1. The van der Waals surface area contributed by atoms with Crippen LogP contribution in [0.1, 0.15) is 21.5 Å². The molecule has 0 radical (unpaired) electrons. The SMILES string of the molecule is Fc1ccccc1CBr.O=Cc1ccc(OCc2ccccc2F)cc1. The highest BCUT2D eigenvalue weighted by Crippen LogP contribution is 2.15. The van der Waals surface area contributed by atoms with Crippen molar-refractivity contribution in [1.82, 2.24) is 0 Å². The molecular formula is C21H17BrF2O2. The van der Waals surface area contributed by atoms with E-state index in [2.05, 4.69) is 15.9 Å². The van der Waals surface area contributed by atoms with Gasteiger partial charge in [-0.05, 0) is 42.0 Å². The standard InChI is InChI=1S/C14H11FO2.C7H6BrF/c15-14-4-2-1-3-12(14)10-17-13-7-5-11(9-16)6-8-13;8-5-6-3-1-2-4-7(6)9/h1-9H,10H2;1-4H,5H2. The first-order valence-corrected chi connectivity index (χ1v) is 8.97. The minimum Gasteiger partial charge on any atom is -0.489 e. The van der Waals surface area contributed by atoms with E-state index in [0.717, 1.165) is 6.29 Å². The second kappa shape index (κ2) is 10.5. The summed E-state index contributed by atoms with van der Waals surface area (Å²) in [7, 11) is 0. The van der Waals surface area contributed by atoms with Gasteiger partial charge in [0.05, 0.1) is 0 Å². The number of carbonyl (C=O) groups is 1. The van der Waals surface area contributed by atoms with Crippen LogP contribution in [0.15, 0.2) is 72.8 Å². The Bertz CT molecular complexity index is 835. The molecule has 0 bridgehead atoms. The molecule has 0 fully saturated rings. The lowest BCUT2D eigenvalue weighted by atomic mass is 10.2. The molecule has 3 aromatic carbocycles. The van der Waals surface area contributed by atoms with Gasteiger partial charge >= 0.3 is 0 Å². The van der Waals surface area contributed by atoms with E-state index in [1.54, 1.807) is 54.6 Å². The first-order valence-electron chi connectivity index (χ1n) is 7.85. The molecular weight excluding hydrogens is 402 g/mol. The molecule has 5 heteroatoms. The lowest BCUT2D eigenvalue weighted by molar-refractivity contribution is 0.112. The maximum atomic E-state index is 13.3. The van der Waals surface area contributed by atoms with E-state index < -0.39 is 0 Å². The fourth-order valence-corrected chi connectivity index (χ4v) is 2.48. The number of hydrogen-bond acceptors (Lipinski definition) is 2. The largest absolute Gasteiger partial charge is 0.489 e. The maximum absolute atomic E-state index is 13.3. The van der Waals surface area contributed by atoms with Crippen LogP contribution in [0.2, 0.25) is 0 Å². The van der Waals surface area contributed by atoms with Crippen molar-refractivity contribution >= 4 is 22.2 Å². The van der Waals surface area contributed by atoms with Gasteiger partial charge in [0.15, 0.2) is 0 Å². The van der Waals surface area contributed by atoms with Crippen LogP contribution in [-0.4, -0.2) is 6.29 Å². The molecule has 0 unspecified atom stereocenters. The van der Waals surface area contributed by atoms with Crippen LogP contribution in [0.3, 0.4) is 0 Å². The summed E-state index contributed by atoms with van der Waals surface area (Å²) < 4.78 is 31.3. The smallest absolute Gasteiger partial charge is 0.150 e. The Balaban J connectivity index is 0.000000228. The maximum Gasteiger partial charge on any atom is 0.150 e. The van der Waals surface area contributed by atoms with Crippen LogP contribution in [-0.2, 0) is 11.9 Å². The second-order valence-electron chi connectivity index (χ2n) is 5.29. The molecule has 0 spiro atoms. The first kappa shape index (κ1) is 19.8. The molecule has 0 saturated carbocycles. The van der Waals surface area contributed by atoms with E-state index in [1.165, 1.54) is 12.1 Å². The first-order chi connectivity index (χ1) is 12.6. The molecule has 0 saturated heterocycles. The predicted octanol–water partition coefficient (Wildman–Crippen LogP) is 5.94. The third-order valence-electron chi connectivity index (χ3n) is 3.47. The van der Waals surface area contributed by atoms with Gasteiger partial charge in [0.2, 0.25) is 0 Å². The van der Waals surface area contributed by atoms with Crippen molar-refractivity contribution in [2.75, 3.05) is 0 Å². The Kier molecular flexibility index (Phi) is 7.96. The zero-order valence-electron chi connectivity index (χ0n) is 13.9. The number of carbonyl (C=O) groups excluding carboxylic acids is 1. The minimum atomic E-state index is -0.281. The van der Waals surface area contributed by atoms with Gasteiger partial charge in [-0.25, -0.2) is 8.78 Å². The van der Waals surface area contributed by atoms with Gasteiger partial charge in [-0.3, -0.25) is 4.79 Å². The van der Waals surface area contributed by atoms with Crippen LogP contribution in [0, 0.1) is 11.6 Å². The van der Waals surface area contributed by atoms with E-state index in [9.17, 15) is 13.6 Å². The van der Waals surface area contributed by atoms with Crippen molar-refractivity contribution in [3.8, 4) is 5.75 Å². The lowest BCUT2D eigenvalue weighted by Crippen LogP contribution is -1.98. The molecule has 0 N–H and O–H groups in total. The Morgan fingerprint density at radius 2 is 1.35 bits per heavy atom. The van der Waals surface area contributed by atoms with Crippen molar-refractivity contribution in [2.45, 2.75) is 11.9 Å².